The molecule has 1 fully saturated rings. The molecule has 3 heterocycles. The predicted octanol–water partition coefficient (Wildman–Crippen LogP) is 1.34. The summed E-state index contributed by atoms with van der Waals surface area (Å²) in [4.78, 5) is 14.7. The van der Waals surface area contributed by atoms with Gasteiger partial charge in [-0.2, -0.15) is 5.10 Å². The number of carbonyl (C=O) groups excluding carboxylic acids is 1. The Balaban J connectivity index is 1.49. The van der Waals surface area contributed by atoms with Gasteiger partial charge < -0.3 is 4.90 Å². The van der Waals surface area contributed by atoms with Crippen LogP contribution in [0.25, 0.3) is 5.69 Å². The number of amides is 1. The SMILES string of the molecule is O=C(c1ccc(-n2cnnn2)cc1)N1CCC[C@@H](n2cccn2)C1. The van der Waals surface area contributed by atoms with Gasteiger partial charge in [-0.3, -0.25) is 9.48 Å². The van der Waals surface area contributed by atoms with Crippen molar-refractivity contribution < 1.29 is 4.79 Å². The van der Waals surface area contributed by atoms with Gasteiger partial charge in [0.1, 0.15) is 6.33 Å². The van der Waals surface area contributed by atoms with Gasteiger partial charge in [-0.15, -0.1) is 5.10 Å². The van der Waals surface area contributed by atoms with E-state index < -0.39 is 0 Å². The molecule has 1 aliphatic heterocycles. The normalized spacial score (nSPS) is 17.8. The van der Waals surface area contributed by atoms with Crippen LogP contribution >= 0.6 is 0 Å². The van der Waals surface area contributed by atoms with E-state index in [1.807, 2.05) is 46.1 Å². The zero-order chi connectivity index (χ0) is 16.4. The van der Waals surface area contributed by atoms with Crippen LogP contribution in [0.1, 0.15) is 29.2 Å². The minimum absolute atomic E-state index is 0.0510. The monoisotopic (exact) mass is 323 g/mol. The van der Waals surface area contributed by atoms with Crippen LogP contribution < -0.4 is 0 Å². The number of hydrogen-bond acceptors (Lipinski definition) is 5. The Morgan fingerprint density at radius 3 is 2.79 bits per heavy atom. The lowest BCUT2D eigenvalue weighted by Gasteiger charge is -2.33. The summed E-state index contributed by atoms with van der Waals surface area (Å²) in [6.45, 7) is 1.47. The quantitative estimate of drug-likeness (QED) is 0.726. The number of aromatic nitrogens is 6. The lowest BCUT2D eigenvalue weighted by atomic mass is 10.0. The van der Waals surface area contributed by atoms with Crippen LogP contribution in [0.3, 0.4) is 0 Å². The maximum Gasteiger partial charge on any atom is 0.253 e. The van der Waals surface area contributed by atoms with Crippen molar-refractivity contribution in [1.82, 2.24) is 34.9 Å². The molecule has 0 radical (unpaired) electrons. The van der Waals surface area contributed by atoms with Gasteiger partial charge in [0.05, 0.1) is 11.7 Å². The number of carbonyl (C=O) groups is 1. The van der Waals surface area contributed by atoms with Crippen LogP contribution in [-0.2, 0) is 0 Å². The number of nitrogens with zero attached hydrogens (tertiary/aromatic N) is 7. The molecule has 0 saturated carbocycles. The first-order chi connectivity index (χ1) is 11.8. The van der Waals surface area contributed by atoms with Crippen LogP contribution in [0.2, 0.25) is 0 Å². The molecule has 8 heteroatoms. The van der Waals surface area contributed by atoms with Crippen molar-refractivity contribution in [1.29, 1.82) is 0 Å². The standard InChI is InChI=1S/C16H17N7O/c24-16(13-4-6-14(7-5-13)23-12-17-19-20-23)21-9-1-3-15(11-21)22-10-2-8-18-22/h2,4-8,10,12,15H,1,3,9,11H2/t15-/m1/s1. The Hall–Kier alpha value is -3.03. The average molecular weight is 323 g/mol. The highest BCUT2D eigenvalue weighted by molar-refractivity contribution is 5.94. The molecule has 1 saturated heterocycles. The predicted molar refractivity (Wildman–Crippen MR) is 85.6 cm³/mol. The van der Waals surface area contributed by atoms with E-state index in [9.17, 15) is 4.79 Å². The molecule has 0 aliphatic carbocycles. The van der Waals surface area contributed by atoms with Crippen molar-refractivity contribution >= 4 is 5.91 Å². The van der Waals surface area contributed by atoms with Crippen LogP contribution in [0.15, 0.2) is 49.1 Å². The number of likely N-dealkylation sites (tertiary alicyclic amines) is 1. The van der Waals surface area contributed by atoms with Gasteiger partial charge in [0, 0.05) is 31.0 Å². The largest absolute Gasteiger partial charge is 0.337 e. The van der Waals surface area contributed by atoms with E-state index in [1.54, 1.807) is 10.9 Å². The Kier molecular flexibility index (Phi) is 3.78. The van der Waals surface area contributed by atoms with Crippen molar-refractivity contribution in [2.75, 3.05) is 13.1 Å². The van der Waals surface area contributed by atoms with Crippen molar-refractivity contribution in [2.24, 2.45) is 0 Å². The summed E-state index contributed by atoms with van der Waals surface area (Å²) >= 11 is 0. The van der Waals surface area contributed by atoms with Crippen LogP contribution in [0, 0.1) is 0 Å². The Labute approximate surface area is 138 Å². The Bertz CT molecular complexity index is 796. The topological polar surface area (TPSA) is 81.7 Å². The molecule has 0 bridgehead atoms. The second kappa shape index (κ2) is 6.23. The maximum atomic E-state index is 12.8. The number of tetrazole rings is 1. The van der Waals surface area contributed by atoms with Gasteiger partial charge in [0.2, 0.25) is 0 Å². The fraction of sp³-hybridized carbons (Fsp3) is 0.312. The fourth-order valence-electron chi connectivity index (χ4n) is 3.07. The molecular formula is C16H17N7O. The molecule has 1 aliphatic rings. The second-order valence-electron chi connectivity index (χ2n) is 5.83. The summed E-state index contributed by atoms with van der Waals surface area (Å²) in [5, 5.41) is 15.4. The minimum atomic E-state index is 0.0510. The molecule has 2 aromatic heterocycles. The smallest absolute Gasteiger partial charge is 0.253 e. The van der Waals surface area contributed by atoms with Gasteiger partial charge in [-0.05, 0) is 53.6 Å². The van der Waals surface area contributed by atoms with E-state index in [2.05, 4.69) is 20.6 Å². The van der Waals surface area contributed by atoms with Crippen molar-refractivity contribution in [3.8, 4) is 5.69 Å². The molecule has 122 valence electrons. The summed E-state index contributed by atoms with van der Waals surface area (Å²) in [5.41, 5.74) is 1.50. The van der Waals surface area contributed by atoms with E-state index in [4.69, 9.17) is 0 Å². The molecule has 8 nitrogen and oxygen atoms in total. The van der Waals surface area contributed by atoms with E-state index in [0.29, 0.717) is 12.1 Å². The lowest BCUT2D eigenvalue weighted by molar-refractivity contribution is 0.0673. The lowest BCUT2D eigenvalue weighted by Crippen LogP contribution is -2.40. The molecule has 0 unspecified atom stereocenters. The Morgan fingerprint density at radius 2 is 2.08 bits per heavy atom. The van der Waals surface area contributed by atoms with Gasteiger partial charge in [-0.1, -0.05) is 0 Å². The zero-order valence-corrected chi connectivity index (χ0v) is 13.1. The van der Waals surface area contributed by atoms with E-state index in [0.717, 1.165) is 25.1 Å². The summed E-state index contributed by atoms with van der Waals surface area (Å²) in [6, 6.07) is 9.49. The minimum Gasteiger partial charge on any atom is -0.337 e. The van der Waals surface area contributed by atoms with Crippen LogP contribution in [0.4, 0.5) is 0 Å². The average Bonchev–Trinajstić information content (AvgIpc) is 3.35. The molecule has 0 spiro atoms. The van der Waals surface area contributed by atoms with Crippen molar-refractivity contribution in [2.45, 2.75) is 18.9 Å². The van der Waals surface area contributed by atoms with Crippen LogP contribution in [-0.4, -0.2) is 53.9 Å². The highest BCUT2D eigenvalue weighted by Crippen LogP contribution is 2.22. The first-order valence-corrected chi connectivity index (χ1v) is 7.93. The Morgan fingerprint density at radius 1 is 1.21 bits per heavy atom. The van der Waals surface area contributed by atoms with Gasteiger partial charge in [0.15, 0.2) is 0 Å². The molecule has 1 atom stereocenters. The third-order valence-corrected chi connectivity index (χ3v) is 4.31. The molecular weight excluding hydrogens is 306 g/mol. The summed E-state index contributed by atoms with van der Waals surface area (Å²) < 4.78 is 3.50. The summed E-state index contributed by atoms with van der Waals surface area (Å²) in [7, 11) is 0. The molecule has 0 N–H and O–H groups in total. The third-order valence-electron chi connectivity index (χ3n) is 4.31. The number of hydrogen-bond donors (Lipinski definition) is 0. The van der Waals surface area contributed by atoms with Gasteiger partial charge >= 0.3 is 0 Å². The fourth-order valence-corrected chi connectivity index (χ4v) is 3.07. The first kappa shape index (κ1) is 14.6. The zero-order valence-electron chi connectivity index (χ0n) is 13.1. The van der Waals surface area contributed by atoms with E-state index in [1.165, 1.54) is 6.33 Å². The van der Waals surface area contributed by atoms with Crippen molar-refractivity contribution in [3.63, 3.8) is 0 Å². The van der Waals surface area contributed by atoms with E-state index in [-0.39, 0.29) is 11.9 Å². The van der Waals surface area contributed by atoms with Crippen LogP contribution in [0.5, 0.6) is 0 Å². The number of piperidine rings is 1. The summed E-state index contributed by atoms with van der Waals surface area (Å²) in [6.07, 6.45) is 7.29. The second-order valence-corrected chi connectivity index (χ2v) is 5.83. The maximum absolute atomic E-state index is 12.8. The van der Waals surface area contributed by atoms with Gasteiger partial charge in [0.25, 0.3) is 5.91 Å². The van der Waals surface area contributed by atoms with E-state index >= 15 is 0 Å². The van der Waals surface area contributed by atoms with Gasteiger partial charge in [-0.25, -0.2) is 4.68 Å². The molecule has 24 heavy (non-hydrogen) atoms. The number of benzene rings is 1. The molecule has 4 rings (SSSR count). The third kappa shape index (κ3) is 2.78. The summed E-state index contributed by atoms with van der Waals surface area (Å²) in [5.74, 6) is 0.0510. The highest BCUT2D eigenvalue weighted by Gasteiger charge is 2.25. The molecule has 3 aromatic rings. The molecule has 1 amide bonds. The number of rotatable bonds is 3. The molecule has 1 aromatic carbocycles. The first-order valence-electron chi connectivity index (χ1n) is 7.93. The highest BCUT2D eigenvalue weighted by atomic mass is 16.2. The van der Waals surface area contributed by atoms with Crippen molar-refractivity contribution in [3.05, 3.63) is 54.6 Å².